The van der Waals surface area contributed by atoms with Gasteiger partial charge >= 0.3 is 0 Å². The van der Waals surface area contributed by atoms with Gasteiger partial charge in [0.1, 0.15) is 11.6 Å². The van der Waals surface area contributed by atoms with E-state index < -0.39 is 0 Å². The highest BCUT2D eigenvalue weighted by Gasteiger charge is 2.31. The predicted octanol–water partition coefficient (Wildman–Crippen LogP) is 3.15. The summed E-state index contributed by atoms with van der Waals surface area (Å²) in [7, 11) is 0. The average molecular weight is 402 g/mol. The number of ketones is 1. The van der Waals surface area contributed by atoms with Crippen molar-refractivity contribution in [3.05, 3.63) is 23.9 Å². The average Bonchev–Trinajstić information content (AvgIpc) is 2.73. The smallest absolute Gasteiger partial charge is 0.255 e. The Morgan fingerprint density at radius 3 is 2.55 bits per heavy atom. The Kier molecular flexibility index (Phi) is 6.93. The van der Waals surface area contributed by atoms with Gasteiger partial charge in [0.15, 0.2) is 0 Å². The molecular formula is C23H35N3O3. The number of carbonyl (C=O) groups excluding carboxylic acids is 2. The third kappa shape index (κ3) is 5.35. The highest BCUT2D eigenvalue weighted by Crippen LogP contribution is 2.32. The molecule has 1 N–H and O–H groups in total. The number of piperidine rings is 2. The number of aliphatic hydroxyl groups is 1. The molecule has 29 heavy (non-hydrogen) atoms. The van der Waals surface area contributed by atoms with Crippen molar-refractivity contribution in [3.63, 3.8) is 0 Å². The maximum absolute atomic E-state index is 12.9. The molecule has 0 bridgehead atoms. The van der Waals surface area contributed by atoms with Crippen LogP contribution in [0.1, 0.15) is 63.2 Å². The predicted molar refractivity (Wildman–Crippen MR) is 114 cm³/mol. The molecule has 1 unspecified atom stereocenters. The zero-order chi connectivity index (χ0) is 21.0. The second-order valence-electron chi connectivity index (χ2n) is 9.52. The van der Waals surface area contributed by atoms with Crippen molar-refractivity contribution in [2.45, 2.75) is 52.9 Å². The van der Waals surface area contributed by atoms with Gasteiger partial charge in [-0.15, -0.1) is 0 Å². The molecule has 0 saturated carbocycles. The van der Waals surface area contributed by atoms with Crippen LogP contribution in [0.2, 0.25) is 0 Å². The number of hydrogen-bond donors (Lipinski definition) is 1. The molecule has 3 heterocycles. The normalized spacial score (nSPS) is 22.0. The van der Waals surface area contributed by atoms with Gasteiger partial charge in [-0.05, 0) is 49.1 Å². The molecule has 1 amide bonds. The minimum absolute atomic E-state index is 0.00418. The number of carbonyl (C=O) groups is 2. The molecule has 1 aromatic heterocycles. The summed E-state index contributed by atoms with van der Waals surface area (Å²) in [5, 5.41) is 9.53. The number of nitrogens with zero attached hydrogens (tertiary/aromatic N) is 3. The summed E-state index contributed by atoms with van der Waals surface area (Å²) >= 11 is 0. The lowest BCUT2D eigenvalue weighted by Crippen LogP contribution is -2.42. The van der Waals surface area contributed by atoms with Crippen LogP contribution in [0, 0.1) is 17.3 Å². The van der Waals surface area contributed by atoms with Gasteiger partial charge in [-0.1, -0.05) is 20.8 Å². The molecule has 6 nitrogen and oxygen atoms in total. The lowest BCUT2D eigenvalue weighted by atomic mass is 9.81. The number of Topliss-reactive ketones (excluding diaryl/α,β-unsaturated/α-hetero) is 1. The number of pyridine rings is 1. The summed E-state index contributed by atoms with van der Waals surface area (Å²) < 4.78 is 0. The van der Waals surface area contributed by atoms with Crippen molar-refractivity contribution in [1.29, 1.82) is 0 Å². The standard InChI is InChI=1S/C23H35N3O3/c1-17(2)13-20(28)19-5-4-10-26(15-19)22(29)18-6-7-21(24-14-18)25-11-8-23(3,16-27)9-12-25/h6-7,14,17,19,27H,4-5,8-13,15-16H2,1-3H3. The number of aromatic nitrogens is 1. The maximum atomic E-state index is 12.9. The second-order valence-corrected chi connectivity index (χ2v) is 9.52. The van der Waals surface area contributed by atoms with Crippen LogP contribution in [-0.2, 0) is 4.79 Å². The summed E-state index contributed by atoms with van der Waals surface area (Å²) in [5.74, 6) is 1.46. The Morgan fingerprint density at radius 2 is 1.97 bits per heavy atom. The lowest BCUT2D eigenvalue weighted by Gasteiger charge is -2.38. The van der Waals surface area contributed by atoms with E-state index in [2.05, 4.69) is 30.7 Å². The minimum atomic E-state index is -0.0310. The van der Waals surface area contributed by atoms with Gasteiger partial charge in [-0.3, -0.25) is 9.59 Å². The topological polar surface area (TPSA) is 73.7 Å². The molecule has 0 aliphatic carbocycles. The zero-order valence-corrected chi connectivity index (χ0v) is 18.1. The molecule has 0 radical (unpaired) electrons. The monoisotopic (exact) mass is 401 g/mol. The number of hydrogen-bond acceptors (Lipinski definition) is 5. The zero-order valence-electron chi connectivity index (χ0n) is 18.1. The third-order valence-corrected chi connectivity index (χ3v) is 6.44. The fourth-order valence-corrected chi connectivity index (χ4v) is 4.31. The van der Waals surface area contributed by atoms with Crippen LogP contribution in [0.25, 0.3) is 0 Å². The first-order valence-electron chi connectivity index (χ1n) is 11.0. The van der Waals surface area contributed by atoms with Gasteiger partial charge < -0.3 is 14.9 Å². The molecule has 0 spiro atoms. The van der Waals surface area contributed by atoms with E-state index in [1.54, 1.807) is 6.20 Å². The van der Waals surface area contributed by atoms with Crippen LogP contribution in [0.4, 0.5) is 5.82 Å². The van der Waals surface area contributed by atoms with Crippen molar-refractivity contribution in [2.75, 3.05) is 37.7 Å². The van der Waals surface area contributed by atoms with Gasteiger partial charge in [0, 0.05) is 51.3 Å². The molecule has 160 valence electrons. The Hall–Kier alpha value is -1.95. The van der Waals surface area contributed by atoms with E-state index in [0.717, 1.165) is 44.6 Å². The Bertz CT molecular complexity index is 709. The van der Waals surface area contributed by atoms with Crippen LogP contribution >= 0.6 is 0 Å². The van der Waals surface area contributed by atoms with Crippen LogP contribution in [0.3, 0.4) is 0 Å². The van der Waals surface area contributed by atoms with E-state index in [9.17, 15) is 14.7 Å². The number of anilines is 1. The summed E-state index contributed by atoms with van der Waals surface area (Å²) in [5.41, 5.74) is 0.590. The van der Waals surface area contributed by atoms with Gasteiger partial charge in [0.05, 0.1) is 5.56 Å². The summed E-state index contributed by atoms with van der Waals surface area (Å²) in [6.07, 6.45) is 5.89. The van der Waals surface area contributed by atoms with Gasteiger partial charge in [-0.25, -0.2) is 4.98 Å². The fraction of sp³-hybridized carbons (Fsp3) is 0.696. The van der Waals surface area contributed by atoms with Crippen molar-refractivity contribution >= 4 is 17.5 Å². The van der Waals surface area contributed by atoms with Gasteiger partial charge in [0.25, 0.3) is 5.91 Å². The highest BCUT2D eigenvalue weighted by molar-refractivity contribution is 5.94. The van der Waals surface area contributed by atoms with Crippen LogP contribution in [0.15, 0.2) is 18.3 Å². The van der Waals surface area contributed by atoms with E-state index in [4.69, 9.17) is 0 Å². The Balaban J connectivity index is 1.59. The molecular weight excluding hydrogens is 366 g/mol. The number of likely N-dealkylation sites (tertiary alicyclic amines) is 1. The minimum Gasteiger partial charge on any atom is -0.396 e. The Labute approximate surface area is 174 Å². The van der Waals surface area contributed by atoms with Crippen LogP contribution < -0.4 is 4.90 Å². The quantitative estimate of drug-likeness (QED) is 0.793. The molecule has 3 rings (SSSR count). The first kappa shape index (κ1) is 21.8. The van der Waals surface area contributed by atoms with Crippen molar-refractivity contribution in [2.24, 2.45) is 17.3 Å². The summed E-state index contributed by atoms with van der Waals surface area (Å²) in [4.78, 5) is 33.9. The number of aliphatic hydroxyl groups excluding tert-OH is 1. The maximum Gasteiger partial charge on any atom is 0.255 e. The molecule has 0 aromatic carbocycles. The van der Waals surface area contributed by atoms with E-state index in [-0.39, 0.29) is 29.6 Å². The molecule has 1 aromatic rings. The van der Waals surface area contributed by atoms with Gasteiger partial charge in [0.2, 0.25) is 0 Å². The molecule has 6 heteroatoms. The largest absolute Gasteiger partial charge is 0.396 e. The second kappa shape index (κ2) is 9.24. The molecule has 2 fully saturated rings. The van der Waals surface area contributed by atoms with Crippen LogP contribution in [-0.4, -0.2) is 59.5 Å². The van der Waals surface area contributed by atoms with E-state index in [1.165, 1.54) is 0 Å². The third-order valence-electron chi connectivity index (χ3n) is 6.44. The fourth-order valence-electron chi connectivity index (χ4n) is 4.31. The Morgan fingerprint density at radius 1 is 1.24 bits per heavy atom. The first-order valence-corrected chi connectivity index (χ1v) is 11.0. The van der Waals surface area contributed by atoms with Crippen LogP contribution in [0.5, 0.6) is 0 Å². The van der Waals surface area contributed by atoms with Crippen molar-refractivity contribution in [1.82, 2.24) is 9.88 Å². The number of rotatable bonds is 6. The SMILES string of the molecule is CC(C)CC(=O)C1CCCN(C(=O)c2ccc(N3CCC(C)(CO)CC3)nc2)C1. The first-order chi connectivity index (χ1) is 13.8. The van der Waals surface area contributed by atoms with Crippen molar-refractivity contribution < 1.29 is 14.7 Å². The molecule has 1 atom stereocenters. The van der Waals surface area contributed by atoms with Gasteiger partial charge in [-0.2, -0.15) is 0 Å². The molecule has 2 aliphatic rings. The lowest BCUT2D eigenvalue weighted by molar-refractivity contribution is -0.124. The summed E-state index contributed by atoms with van der Waals surface area (Å²) in [6.45, 7) is 9.42. The van der Waals surface area contributed by atoms with Crippen molar-refractivity contribution in [3.8, 4) is 0 Å². The van der Waals surface area contributed by atoms with E-state index in [1.807, 2.05) is 17.0 Å². The molecule has 2 aliphatic heterocycles. The molecule has 2 saturated heterocycles. The van der Waals surface area contributed by atoms with E-state index >= 15 is 0 Å². The highest BCUT2D eigenvalue weighted by atomic mass is 16.3. The summed E-state index contributed by atoms with van der Waals surface area (Å²) in [6, 6.07) is 3.77. The van der Waals surface area contributed by atoms with E-state index in [0.29, 0.717) is 31.0 Å². The number of amides is 1.